The van der Waals surface area contributed by atoms with Crippen molar-refractivity contribution < 1.29 is 9.90 Å². The van der Waals surface area contributed by atoms with Crippen LogP contribution in [0.15, 0.2) is 34.9 Å². The maximum atomic E-state index is 10.9. The largest absolute Gasteiger partial charge is 0.480 e. The van der Waals surface area contributed by atoms with Crippen LogP contribution in [0.1, 0.15) is 37.9 Å². The van der Waals surface area contributed by atoms with Gasteiger partial charge in [-0.1, -0.05) is 29.8 Å². The molecule has 0 fully saturated rings. The van der Waals surface area contributed by atoms with E-state index >= 15 is 0 Å². The molecule has 0 radical (unpaired) electrons. The number of nitrogens with one attached hydrogen (secondary N) is 1. The van der Waals surface area contributed by atoms with Gasteiger partial charge in [-0.25, -0.2) is 4.68 Å². The molecule has 2 aromatic rings. The van der Waals surface area contributed by atoms with Gasteiger partial charge in [0.2, 0.25) is 0 Å². The molecule has 2 rings (SSSR count). The Labute approximate surface area is 138 Å². The lowest BCUT2D eigenvalue weighted by Gasteiger charge is -2.09. The molecule has 2 N–H and O–H groups in total. The fraction of sp³-hybridized carbons (Fsp3) is 0.375. The van der Waals surface area contributed by atoms with E-state index in [4.69, 9.17) is 5.11 Å². The van der Waals surface area contributed by atoms with Crippen molar-refractivity contribution in [2.75, 3.05) is 0 Å². The van der Waals surface area contributed by atoms with Crippen LogP contribution in [0, 0.1) is 0 Å². The maximum absolute atomic E-state index is 10.9. The van der Waals surface area contributed by atoms with E-state index in [-0.39, 0.29) is 5.92 Å². The molecule has 1 aromatic carbocycles. The van der Waals surface area contributed by atoms with E-state index in [1.165, 1.54) is 0 Å². The molecule has 0 amide bonds. The zero-order chi connectivity index (χ0) is 16.3. The average Bonchev–Trinajstić information content (AvgIpc) is 2.89. The Morgan fingerprint density at radius 2 is 1.95 bits per heavy atom. The topological polar surface area (TPSA) is 67.2 Å². The van der Waals surface area contributed by atoms with Gasteiger partial charge in [-0.2, -0.15) is 5.10 Å². The predicted molar refractivity (Wildman–Crippen MR) is 89.3 cm³/mol. The number of nitrogens with zero attached hydrogens (tertiary/aromatic N) is 2. The molecule has 118 valence electrons. The molecule has 1 heterocycles. The van der Waals surface area contributed by atoms with Crippen LogP contribution >= 0.6 is 15.9 Å². The predicted octanol–water partition coefficient (Wildman–Crippen LogP) is 3.32. The summed E-state index contributed by atoms with van der Waals surface area (Å²) in [5.41, 5.74) is 2.97. The summed E-state index contributed by atoms with van der Waals surface area (Å²) >= 11 is 3.42. The Balaban J connectivity index is 2.25. The number of aromatic nitrogens is 2. The molecule has 6 heteroatoms. The van der Waals surface area contributed by atoms with Crippen LogP contribution in [0.25, 0.3) is 5.69 Å². The van der Waals surface area contributed by atoms with Crippen molar-refractivity contribution in [2.24, 2.45) is 0 Å². The van der Waals surface area contributed by atoms with Crippen molar-refractivity contribution in [1.29, 1.82) is 0 Å². The lowest BCUT2D eigenvalue weighted by atomic mass is 10.1. The van der Waals surface area contributed by atoms with Gasteiger partial charge >= 0.3 is 5.97 Å². The number of aliphatic carboxylic acids is 1. The van der Waals surface area contributed by atoms with Gasteiger partial charge in [0.25, 0.3) is 0 Å². The summed E-state index contributed by atoms with van der Waals surface area (Å²) in [5.74, 6) is -0.583. The van der Waals surface area contributed by atoms with Gasteiger partial charge < -0.3 is 10.4 Å². The summed E-state index contributed by atoms with van der Waals surface area (Å²) in [7, 11) is 0. The zero-order valence-corrected chi connectivity index (χ0v) is 14.5. The van der Waals surface area contributed by atoms with Gasteiger partial charge in [0.1, 0.15) is 6.04 Å². The summed E-state index contributed by atoms with van der Waals surface area (Å²) in [6.07, 6.45) is 1.96. The second-order valence-electron chi connectivity index (χ2n) is 5.56. The van der Waals surface area contributed by atoms with Gasteiger partial charge in [-0.3, -0.25) is 4.79 Å². The summed E-state index contributed by atoms with van der Waals surface area (Å²) < 4.78 is 2.86. The number of hydrogen-bond donors (Lipinski definition) is 2. The van der Waals surface area contributed by atoms with Crippen molar-refractivity contribution in [3.8, 4) is 5.69 Å². The van der Waals surface area contributed by atoms with Crippen molar-refractivity contribution in [3.63, 3.8) is 0 Å². The number of benzene rings is 1. The highest BCUT2D eigenvalue weighted by Gasteiger charge is 2.16. The fourth-order valence-corrected chi connectivity index (χ4v) is 2.39. The van der Waals surface area contributed by atoms with Gasteiger partial charge in [0.15, 0.2) is 0 Å². The standard InChI is InChI=1S/C16H20BrN3O2/c1-10(2)15-12(8-18-11(3)16(21)22)9-20(19-15)14-6-4-13(17)5-7-14/h4-7,9-11,18H,8H2,1-3H3,(H,21,22)/t11-/m0/s1. The molecular weight excluding hydrogens is 346 g/mol. The Kier molecular flexibility index (Phi) is 5.37. The molecule has 0 aliphatic heterocycles. The lowest BCUT2D eigenvalue weighted by Crippen LogP contribution is -2.33. The monoisotopic (exact) mass is 365 g/mol. The number of carboxylic acid groups (broad SMARTS) is 1. The summed E-state index contributed by atoms with van der Waals surface area (Å²) in [6, 6.07) is 7.32. The van der Waals surface area contributed by atoms with Crippen molar-refractivity contribution >= 4 is 21.9 Å². The van der Waals surface area contributed by atoms with E-state index in [2.05, 4.69) is 40.2 Å². The van der Waals surface area contributed by atoms with Crippen molar-refractivity contribution in [3.05, 3.63) is 46.2 Å². The number of rotatable bonds is 6. The number of carboxylic acids is 1. The van der Waals surface area contributed by atoms with Gasteiger partial charge in [0.05, 0.1) is 11.4 Å². The van der Waals surface area contributed by atoms with E-state index in [0.717, 1.165) is 21.4 Å². The molecule has 0 aliphatic carbocycles. The minimum Gasteiger partial charge on any atom is -0.480 e. The van der Waals surface area contributed by atoms with Crippen LogP contribution in [0.5, 0.6) is 0 Å². The average molecular weight is 366 g/mol. The Hall–Kier alpha value is -1.66. The molecule has 1 atom stereocenters. The summed E-state index contributed by atoms with van der Waals surface area (Å²) in [4.78, 5) is 10.9. The van der Waals surface area contributed by atoms with Crippen LogP contribution in [0.2, 0.25) is 0 Å². The second kappa shape index (κ2) is 7.07. The van der Waals surface area contributed by atoms with E-state index in [1.807, 2.05) is 35.1 Å². The molecule has 0 unspecified atom stereocenters. The minimum atomic E-state index is -0.855. The molecule has 22 heavy (non-hydrogen) atoms. The molecule has 5 nitrogen and oxygen atoms in total. The smallest absolute Gasteiger partial charge is 0.320 e. The van der Waals surface area contributed by atoms with Crippen LogP contribution in [0.3, 0.4) is 0 Å². The third kappa shape index (κ3) is 3.96. The van der Waals surface area contributed by atoms with E-state index < -0.39 is 12.0 Å². The van der Waals surface area contributed by atoms with Crippen molar-refractivity contribution in [1.82, 2.24) is 15.1 Å². The fourth-order valence-electron chi connectivity index (χ4n) is 2.12. The Morgan fingerprint density at radius 1 is 1.32 bits per heavy atom. The first-order chi connectivity index (χ1) is 10.4. The highest BCUT2D eigenvalue weighted by molar-refractivity contribution is 9.10. The van der Waals surface area contributed by atoms with E-state index in [9.17, 15) is 4.79 Å². The van der Waals surface area contributed by atoms with Gasteiger partial charge in [0, 0.05) is 22.8 Å². The molecule has 0 saturated carbocycles. The highest BCUT2D eigenvalue weighted by Crippen LogP contribution is 2.21. The second-order valence-corrected chi connectivity index (χ2v) is 6.47. The first-order valence-corrected chi connectivity index (χ1v) is 7.98. The zero-order valence-electron chi connectivity index (χ0n) is 12.9. The first-order valence-electron chi connectivity index (χ1n) is 7.19. The minimum absolute atomic E-state index is 0.272. The van der Waals surface area contributed by atoms with E-state index in [0.29, 0.717) is 6.54 Å². The molecule has 0 bridgehead atoms. The SMILES string of the molecule is CC(C)c1nn(-c2ccc(Br)cc2)cc1CN[C@@H](C)C(=O)O. The van der Waals surface area contributed by atoms with Gasteiger partial charge in [-0.15, -0.1) is 0 Å². The summed E-state index contributed by atoms with van der Waals surface area (Å²) in [6.45, 7) is 6.28. The number of halogens is 1. The Bertz CT molecular complexity index is 650. The molecule has 0 aliphatic rings. The number of hydrogen-bond acceptors (Lipinski definition) is 3. The molecule has 1 aromatic heterocycles. The first kappa shape index (κ1) is 16.7. The lowest BCUT2D eigenvalue weighted by molar-refractivity contribution is -0.139. The molecular formula is C16H20BrN3O2. The third-order valence-electron chi connectivity index (χ3n) is 3.43. The van der Waals surface area contributed by atoms with Crippen LogP contribution < -0.4 is 5.32 Å². The Morgan fingerprint density at radius 3 is 2.50 bits per heavy atom. The van der Waals surface area contributed by atoms with Crippen LogP contribution in [0.4, 0.5) is 0 Å². The van der Waals surface area contributed by atoms with Gasteiger partial charge in [-0.05, 0) is 37.1 Å². The van der Waals surface area contributed by atoms with Crippen molar-refractivity contribution in [2.45, 2.75) is 39.3 Å². The third-order valence-corrected chi connectivity index (χ3v) is 3.96. The highest BCUT2D eigenvalue weighted by atomic mass is 79.9. The maximum Gasteiger partial charge on any atom is 0.320 e. The molecule has 0 saturated heterocycles. The number of carbonyl (C=O) groups is 1. The summed E-state index contributed by atoms with van der Waals surface area (Å²) in [5, 5.41) is 16.6. The normalized spacial score (nSPS) is 12.6. The molecule has 0 spiro atoms. The van der Waals surface area contributed by atoms with E-state index in [1.54, 1.807) is 6.92 Å². The van der Waals surface area contributed by atoms with Crippen LogP contribution in [-0.4, -0.2) is 26.9 Å². The van der Waals surface area contributed by atoms with Crippen LogP contribution in [-0.2, 0) is 11.3 Å². The quantitative estimate of drug-likeness (QED) is 0.823.